The highest BCUT2D eigenvalue weighted by Gasteiger charge is 2.32. The van der Waals surface area contributed by atoms with Gasteiger partial charge in [-0.05, 0) is 54.7 Å². The Balaban J connectivity index is 2.61. The normalized spacial score (nSPS) is 14.5. The molecule has 0 aliphatic rings. The molecule has 0 heterocycles. The topological polar surface area (TPSA) is 32.3 Å². The van der Waals surface area contributed by atoms with Gasteiger partial charge in [0.2, 0.25) is 0 Å². The molecule has 2 rings (SSSR count). The standard InChI is InChI=1S/C26H40NOP/c1-9-10-13-26(7,29-23-12-11-18(2)14-20(23)17-27-8)22-16-21(25(4,5)6)15-19(3)24(22)28/h11-12,14-16,27-29H,9-10,13,17H2,1-8H3. The van der Waals surface area contributed by atoms with Crippen molar-refractivity contribution in [2.24, 2.45) is 0 Å². The first-order chi connectivity index (χ1) is 13.5. The maximum absolute atomic E-state index is 11.1. The number of aromatic hydroxyl groups is 1. The lowest BCUT2D eigenvalue weighted by Gasteiger charge is -2.34. The molecule has 0 fully saturated rings. The molecule has 0 aromatic heterocycles. The summed E-state index contributed by atoms with van der Waals surface area (Å²) in [7, 11) is 2.62. The first-order valence-electron chi connectivity index (χ1n) is 10.9. The van der Waals surface area contributed by atoms with E-state index in [2.05, 4.69) is 77.2 Å². The molecule has 2 N–H and O–H groups in total. The van der Waals surface area contributed by atoms with Crippen LogP contribution in [-0.2, 0) is 17.1 Å². The number of benzene rings is 2. The number of rotatable bonds is 8. The zero-order chi connectivity index (χ0) is 21.8. The molecule has 0 bridgehead atoms. The zero-order valence-electron chi connectivity index (χ0n) is 19.7. The van der Waals surface area contributed by atoms with Crippen LogP contribution in [0.1, 0.15) is 81.7 Å². The molecule has 160 valence electrons. The molecule has 29 heavy (non-hydrogen) atoms. The van der Waals surface area contributed by atoms with E-state index in [9.17, 15) is 5.11 Å². The maximum atomic E-state index is 11.1. The second-order valence-corrected chi connectivity index (χ2v) is 11.6. The van der Waals surface area contributed by atoms with Gasteiger partial charge < -0.3 is 10.4 Å². The Morgan fingerprint density at radius 2 is 1.72 bits per heavy atom. The Hall–Kier alpha value is -1.37. The van der Waals surface area contributed by atoms with Crippen LogP contribution in [0.4, 0.5) is 0 Å². The van der Waals surface area contributed by atoms with Crippen molar-refractivity contribution in [1.29, 1.82) is 0 Å². The second-order valence-electron chi connectivity index (χ2n) is 9.69. The molecule has 2 atom stereocenters. The molecule has 2 nitrogen and oxygen atoms in total. The van der Waals surface area contributed by atoms with Crippen LogP contribution in [-0.4, -0.2) is 12.2 Å². The minimum Gasteiger partial charge on any atom is -0.507 e. The van der Waals surface area contributed by atoms with Crippen LogP contribution in [0.25, 0.3) is 0 Å². The molecule has 0 saturated heterocycles. The van der Waals surface area contributed by atoms with Crippen LogP contribution in [0.3, 0.4) is 0 Å². The first kappa shape index (κ1) is 23.9. The largest absolute Gasteiger partial charge is 0.507 e. The highest BCUT2D eigenvalue weighted by Crippen LogP contribution is 2.50. The van der Waals surface area contributed by atoms with E-state index in [1.165, 1.54) is 22.0 Å². The summed E-state index contributed by atoms with van der Waals surface area (Å²) in [6.07, 6.45) is 3.40. The third kappa shape index (κ3) is 5.83. The summed E-state index contributed by atoms with van der Waals surface area (Å²) in [5.74, 6) is 0.478. The summed E-state index contributed by atoms with van der Waals surface area (Å²) in [6.45, 7) is 16.4. The minimum atomic E-state index is -0.0795. The Morgan fingerprint density at radius 3 is 2.31 bits per heavy atom. The number of hydrogen-bond donors (Lipinski definition) is 2. The average Bonchev–Trinajstić information content (AvgIpc) is 2.63. The number of phenols is 1. The summed E-state index contributed by atoms with van der Waals surface area (Å²) in [5.41, 5.74) is 6.13. The van der Waals surface area contributed by atoms with Gasteiger partial charge >= 0.3 is 0 Å². The fraction of sp³-hybridized carbons (Fsp3) is 0.538. The molecule has 0 saturated carbocycles. The van der Waals surface area contributed by atoms with Crippen molar-refractivity contribution >= 4 is 13.9 Å². The summed E-state index contributed by atoms with van der Waals surface area (Å²) < 4.78 is 0. The zero-order valence-corrected chi connectivity index (χ0v) is 20.7. The van der Waals surface area contributed by atoms with Crippen molar-refractivity contribution in [3.63, 3.8) is 0 Å². The van der Waals surface area contributed by atoms with Crippen LogP contribution < -0.4 is 10.6 Å². The van der Waals surface area contributed by atoms with Crippen molar-refractivity contribution in [1.82, 2.24) is 5.32 Å². The summed E-state index contributed by atoms with van der Waals surface area (Å²) >= 11 is 0. The van der Waals surface area contributed by atoms with Crippen molar-refractivity contribution in [2.45, 2.75) is 84.8 Å². The third-order valence-corrected chi connectivity index (χ3v) is 7.66. The quantitative estimate of drug-likeness (QED) is 0.488. The van der Waals surface area contributed by atoms with Gasteiger partial charge in [0.05, 0.1) is 0 Å². The van der Waals surface area contributed by atoms with Gasteiger partial charge in [-0.15, -0.1) is 0 Å². The number of nitrogens with one attached hydrogen (secondary N) is 1. The van der Waals surface area contributed by atoms with Gasteiger partial charge in [0.15, 0.2) is 0 Å². The van der Waals surface area contributed by atoms with Gasteiger partial charge in [0, 0.05) is 17.3 Å². The monoisotopic (exact) mass is 413 g/mol. The molecular formula is C26H40NOP. The average molecular weight is 414 g/mol. The highest BCUT2D eigenvalue weighted by molar-refractivity contribution is 7.48. The fourth-order valence-corrected chi connectivity index (χ4v) is 5.62. The Bertz CT molecular complexity index is 837. The van der Waals surface area contributed by atoms with Gasteiger partial charge in [0.25, 0.3) is 0 Å². The lowest BCUT2D eigenvalue weighted by Crippen LogP contribution is -2.24. The van der Waals surface area contributed by atoms with E-state index in [0.29, 0.717) is 14.3 Å². The Labute approximate surface area is 180 Å². The number of unbranched alkanes of at least 4 members (excludes halogenated alkanes) is 1. The van der Waals surface area contributed by atoms with Gasteiger partial charge in [-0.25, -0.2) is 0 Å². The molecule has 2 aromatic rings. The summed E-state index contributed by atoms with van der Waals surface area (Å²) in [4.78, 5) is 0. The van der Waals surface area contributed by atoms with Gasteiger partial charge in [0.1, 0.15) is 5.75 Å². The van der Waals surface area contributed by atoms with Crippen LogP contribution in [0.2, 0.25) is 0 Å². The van der Waals surface area contributed by atoms with Crippen LogP contribution >= 0.6 is 8.58 Å². The van der Waals surface area contributed by atoms with Crippen molar-refractivity contribution in [2.75, 3.05) is 7.05 Å². The molecule has 0 spiro atoms. The highest BCUT2D eigenvalue weighted by atomic mass is 31.1. The van der Waals surface area contributed by atoms with Crippen LogP contribution in [0.15, 0.2) is 30.3 Å². The van der Waals surface area contributed by atoms with Crippen molar-refractivity contribution < 1.29 is 5.11 Å². The predicted molar refractivity (Wildman–Crippen MR) is 130 cm³/mol. The molecule has 0 amide bonds. The smallest absolute Gasteiger partial charge is 0.122 e. The van der Waals surface area contributed by atoms with E-state index in [1.54, 1.807) is 0 Å². The summed E-state index contributed by atoms with van der Waals surface area (Å²) in [5, 5.41) is 15.8. The molecule has 2 aromatic carbocycles. The lowest BCUT2D eigenvalue weighted by atomic mass is 9.82. The second kappa shape index (κ2) is 9.63. The SMILES string of the molecule is CCCCC(C)(Pc1ccc(C)cc1CNC)c1cc(C(C)(C)C)cc(C)c1O. The van der Waals surface area contributed by atoms with E-state index in [-0.39, 0.29) is 10.6 Å². The molecular weight excluding hydrogens is 373 g/mol. The third-order valence-electron chi connectivity index (χ3n) is 5.83. The molecule has 0 radical (unpaired) electrons. The van der Waals surface area contributed by atoms with Crippen LogP contribution in [0, 0.1) is 13.8 Å². The van der Waals surface area contributed by atoms with E-state index in [4.69, 9.17) is 0 Å². The first-order valence-corrected chi connectivity index (χ1v) is 11.9. The molecule has 3 heteroatoms. The summed E-state index contributed by atoms with van der Waals surface area (Å²) in [6, 6.07) is 11.2. The maximum Gasteiger partial charge on any atom is 0.122 e. The van der Waals surface area contributed by atoms with Gasteiger partial charge in [-0.1, -0.05) is 91.9 Å². The Morgan fingerprint density at radius 1 is 1.03 bits per heavy atom. The number of phenolic OH excluding ortho intramolecular Hbond substituents is 1. The number of hydrogen-bond acceptors (Lipinski definition) is 2. The van der Waals surface area contributed by atoms with Crippen molar-refractivity contribution in [3.05, 3.63) is 58.1 Å². The van der Waals surface area contributed by atoms with Crippen molar-refractivity contribution in [3.8, 4) is 5.75 Å². The molecule has 0 aliphatic heterocycles. The van der Waals surface area contributed by atoms with E-state index in [1.807, 2.05) is 14.0 Å². The van der Waals surface area contributed by atoms with E-state index >= 15 is 0 Å². The van der Waals surface area contributed by atoms with Crippen LogP contribution in [0.5, 0.6) is 5.75 Å². The van der Waals surface area contributed by atoms with E-state index < -0.39 is 0 Å². The van der Waals surface area contributed by atoms with Gasteiger partial charge in [-0.3, -0.25) is 0 Å². The molecule has 0 aliphatic carbocycles. The van der Waals surface area contributed by atoms with Gasteiger partial charge in [-0.2, -0.15) is 0 Å². The fourth-order valence-electron chi connectivity index (χ4n) is 3.91. The minimum absolute atomic E-state index is 0.0587. The molecule has 2 unspecified atom stereocenters. The Kier molecular flexibility index (Phi) is 7.93. The lowest BCUT2D eigenvalue weighted by molar-refractivity contribution is 0.445. The van der Waals surface area contributed by atoms with E-state index in [0.717, 1.165) is 36.9 Å². The predicted octanol–water partition coefficient (Wildman–Crippen LogP) is 6.44. The number of aryl methyl sites for hydroxylation is 2.